The molecular formula is C14H22N2O. The SMILES string of the molecule is CC(c1ccccc1)N1CCNC(CCO)C1. The summed E-state index contributed by atoms with van der Waals surface area (Å²) in [6.45, 7) is 5.65. The maximum Gasteiger partial charge on any atom is 0.0446 e. The zero-order valence-corrected chi connectivity index (χ0v) is 10.5. The highest BCUT2D eigenvalue weighted by Gasteiger charge is 2.23. The highest BCUT2D eigenvalue weighted by Crippen LogP contribution is 2.21. The first-order valence-electron chi connectivity index (χ1n) is 6.44. The molecule has 3 nitrogen and oxygen atoms in total. The van der Waals surface area contributed by atoms with Crippen molar-refractivity contribution in [3.63, 3.8) is 0 Å². The lowest BCUT2D eigenvalue weighted by Crippen LogP contribution is -2.51. The van der Waals surface area contributed by atoms with Crippen molar-refractivity contribution in [1.29, 1.82) is 0 Å². The Labute approximate surface area is 103 Å². The lowest BCUT2D eigenvalue weighted by Gasteiger charge is -2.37. The van der Waals surface area contributed by atoms with Crippen LogP contribution in [0.2, 0.25) is 0 Å². The average Bonchev–Trinajstić information content (AvgIpc) is 2.40. The Balaban J connectivity index is 1.97. The van der Waals surface area contributed by atoms with Gasteiger partial charge in [-0.15, -0.1) is 0 Å². The molecule has 2 unspecified atom stereocenters. The second-order valence-corrected chi connectivity index (χ2v) is 4.74. The molecule has 2 N–H and O–H groups in total. The van der Waals surface area contributed by atoms with Crippen molar-refractivity contribution in [3.05, 3.63) is 35.9 Å². The number of aliphatic hydroxyl groups is 1. The van der Waals surface area contributed by atoms with Crippen molar-refractivity contribution in [2.45, 2.75) is 25.4 Å². The lowest BCUT2D eigenvalue weighted by atomic mass is 10.0. The predicted molar refractivity (Wildman–Crippen MR) is 69.9 cm³/mol. The first-order valence-corrected chi connectivity index (χ1v) is 6.44. The van der Waals surface area contributed by atoms with Gasteiger partial charge in [0.2, 0.25) is 0 Å². The summed E-state index contributed by atoms with van der Waals surface area (Å²) in [4.78, 5) is 2.49. The van der Waals surface area contributed by atoms with Crippen LogP contribution in [0.5, 0.6) is 0 Å². The van der Waals surface area contributed by atoms with E-state index in [4.69, 9.17) is 5.11 Å². The van der Waals surface area contributed by atoms with Crippen LogP contribution in [0.15, 0.2) is 30.3 Å². The molecule has 1 aliphatic heterocycles. The van der Waals surface area contributed by atoms with Gasteiger partial charge in [0.1, 0.15) is 0 Å². The number of rotatable bonds is 4. The summed E-state index contributed by atoms with van der Waals surface area (Å²) in [5, 5.41) is 12.5. The number of piperazine rings is 1. The summed E-state index contributed by atoms with van der Waals surface area (Å²) < 4.78 is 0. The van der Waals surface area contributed by atoms with Gasteiger partial charge in [-0.2, -0.15) is 0 Å². The van der Waals surface area contributed by atoms with Gasteiger partial charge in [0.25, 0.3) is 0 Å². The predicted octanol–water partition coefficient (Wildman–Crippen LogP) is 1.40. The van der Waals surface area contributed by atoms with Gasteiger partial charge in [-0.1, -0.05) is 30.3 Å². The Kier molecular flexibility index (Phi) is 4.54. The zero-order chi connectivity index (χ0) is 12.1. The van der Waals surface area contributed by atoms with E-state index in [9.17, 15) is 0 Å². The van der Waals surface area contributed by atoms with Crippen molar-refractivity contribution in [1.82, 2.24) is 10.2 Å². The van der Waals surface area contributed by atoms with Crippen molar-refractivity contribution >= 4 is 0 Å². The molecule has 94 valence electrons. The van der Waals surface area contributed by atoms with E-state index in [1.807, 2.05) is 0 Å². The van der Waals surface area contributed by atoms with Crippen LogP contribution < -0.4 is 5.32 Å². The van der Waals surface area contributed by atoms with Crippen LogP contribution in [0.4, 0.5) is 0 Å². The molecule has 17 heavy (non-hydrogen) atoms. The van der Waals surface area contributed by atoms with Crippen LogP contribution in [0, 0.1) is 0 Å². The molecule has 1 aliphatic rings. The Morgan fingerprint density at radius 3 is 2.88 bits per heavy atom. The molecular weight excluding hydrogens is 212 g/mol. The Morgan fingerprint density at radius 2 is 2.18 bits per heavy atom. The van der Waals surface area contributed by atoms with Crippen molar-refractivity contribution < 1.29 is 5.11 Å². The molecule has 3 heteroatoms. The number of nitrogens with zero attached hydrogens (tertiary/aromatic N) is 1. The Hall–Kier alpha value is -0.900. The fraction of sp³-hybridized carbons (Fsp3) is 0.571. The van der Waals surface area contributed by atoms with Gasteiger partial charge in [-0.05, 0) is 18.9 Å². The molecule has 1 fully saturated rings. The smallest absolute Gasteiger partial charge is 0.0446 e. The molecule has 1 aromatic carbocycles. The van der Waals surface area contributed by atoms with Gasteiger partial charge in [0.15, 0.2) is 0 Å². The van der Waals surface area contributed by atoms with E-state index < -0.39 is 0 Å². The van der Waals surface area contributed by atoms with E-state index in [0.29, 0.717) is 12.1 Å². The molecule has 1 heterocycles. The van der Waals surface area contributed by atoms with Gasteiger partial charge in [-0.3, -0.25) is 4.90 Å². The van der Waals surface area contributed by atoms with E-state index in [2.05, 4.69) is 47.5 Å². The highest BCUT2D eigenvalue weighted by molar-refractivity contribution is 5.18. The zero-order valence-electron chi connectivity index (χ0n) is 10.5. The number of hydrogen-bond donors (Lipinski definition) is 2. The minimum absolute atomic E-state index is 0.269. The van der Waals surface area contributed by atoms with Crippen molar-refractivity contribution in [2.24, 2.45) is 0 Å². The third-order valence-electron chi connectivity index (χ3n) is 3.59. The fourth-order valence-electron chi connectivity index (χ4n) is 2.49. The number of aliphatic hydroxyl groups excluding tert-OH is 1. The summed E-state index contributed by atoms with van der Waals surface area (Å²) in [6, 6.07) is 11.5. The van der Waals surface area contributed by atoms with Crippen molar-refractivity contribution in [3.8, 4) is 0 Å². The quantitative estimate of drug-likeness (QED) is 0.826. The summed E-state index contributed by atoms with van der Waals surface area (Å²) in [6.07, 6.45) is 0.845. The fourth-order valence-corrected chi connectivity index (χ4v) is 2.49. The maximum atomic E-state index is 9.00. The van der Waals surface area contributed by atoms with E-state index in [1.165, 1.54) is 5.56 Å². The third kappa shape index (κ3) is 3.28. The molecule has 0 radical (unpaired) electrons. The van der Waals surface area contributed by atoms with E-state index in [-0.39, 0.29) is 6.61 Å². The number of hydrogen-bond acceptors (Lipinski definition) is 3. The van der Waals surface area contributed by atoms with Gasteiger partial charge in [0.05, 0.1) is 0 Å². The topological polar surface area (TPSA) is 35.5 Å². The molecule has 2 atom stereocenters. The van der Waals surface area contributed by atoms with E-state index >= 15 is 0 Å². The number of benzene rings is 1. The van der Waals surface area contributed by atoms with Crippen LogP contribution in [0.25, 0.3) is 0 Å². The molecule has 0 amide bonds. The van der Waals surface area contributed by atoms with Crippen LogP contribution in [-0.2, 0) is 0 Å². The lowest BCUT2D eigenvalue weighted by molar-refractivity contribution is 0.137. The standard InChI is InChI=1S/C14H22N2O/c1-12(13-5-3-2-4-6-13)16-9-8-15-14(11-16)7-10-17/h2-6,12,14-15,17H,7-11H2,1H3. The van der Waals surface area contributed by atoms with Crippen molar-refractivity contribution in [2.75, 3.05) is 26.2 Å². The largest absolute Gasteiger partial charge is 0.396 e. The maximum absolute atomic E-state index is 9.00. The summed E-state index contributed by atoms with van der Waals surface area (Å²) in [7, 11) is 0. The summed E-state index contributed by atoms with van der Waals surface area (Å²) >= 11 is 0. The minimum atomic E-state index is 0.269. The van der Waals surface area contributed by atoms with Crippen LogP contribution in [0.1, 0.15) is 24.9 Å². The first kappa shape index (κ1) is 12.6. The van der Waals surface area contributed by atoms with Crippen LogP contribution >= 0.6 is 0 Å². The molecule has 1 aromatic rings. The minimum Gasteiger partial charge on any atom is -0.396 e. The first-order chi connectivity index (χ1) is 8.31. The molecule has 2 rings (SSSR count). The third-order valence-corrected chi connectivity index (χ3v) is 3.59. The summed E-state index contributed by atoms with van der Waals surface area (Å²) in [5.74, 6) is 0. The second-order valence-electron chi connectivity index (χ2n) is 4.74. The number of nitrogens with one attached hydrogen (secondary N) is 1. The van der Waals surface area contributed by atoms with Gasteiger partial charge in [-0.25, -0.2) is 0 Å². The van der Waals surface area contributed by atoms with Crippen LogP contribution in [0.3, 0.4) is 0 Å². The second kappa shape index (κ2) is 6.15. The average molecular weight is 234 g/mol. The van der Waals surface area contributed by atoms with E-state index in [0.717, 1.165) is 26.1 Å². The summed E-state index contributed by atoms with van der Waals surface area (Å²) in [5.41, 5.74) is 1.37. The van der Waals surface area contributed by atoms with Gasteiger partial charge >= 0.3 is 0 Å². The van der Waals surface area contributed by atoms with Gasteiger partial charge in [0, 0.05) is 38.3 Å². The van der Waals surface area contributed by atoms with Gasteiger partial charge < -0.3 is 10.4 Å². The highest BCUT2D eigenvalue weighted by atomic mass is 16.3. The Bertz CT molecular complexity index is 326. The van der Waals surface area contributed by atoms with E-state index in [1.54, 1.807) is 0 Å². The monoisotopic (exact) mass is 234 g/mol. The molecule has 0 spiro atoms. The molecule has 0 bridgehead atoms. The Morgan fingerprint density at radius 1 is 1.41 bits per heavy atom. The molecule has 0 saturated carbocycles. The molecule has 1 saturated heterocycles. The molecule has 0 aromatic heterocycles. The molecule has 0 aliphatic carbocycles. The normalized spacial score (nSPS) is 23.5. The van der Waals surface area contributed by atoms with Crippen LogP contribution in [-0.4, -0.2) is 42.3 Å².